The molecule has 2 aromatic rings. The number of nitrogens with one attached hydrogen (secondary N) is 1. The first-order valence-electron chi connectivity index (χ1n) is 12.3. The lowest BCUT2D eigenvalue weighted by molar-refractivity contribution is -0.149. The van der Waals surface area contributed by atoms with Crippen LogP contribution in [0.4, 0.5) is 4.79 Å². The number of hydrogen-bond donors (Lipinski definition) is 2. The quantitative estimate of drug-likeness (QED) is 0.611. The molecule has 1 heterocycles. The molecule has 0 spiro atoms. The molecule has 1 fully saturated rings. The molecule has 0 radical (unpaired) electrons. The zero-order valence-electron chi connectivity index (χ0n) is 20.8. The van der Waals surface area contributed by atoms with Crippen molar-refractivity contribution < 1.29 is 24.2 Å². The lowest BCUT2D eigenvalue weighted by Gasteiger charge is -2.29. The van der Waals surface area contributed by atoms with Crippen molar-refractivity contribution in [3.63, 3.8) is 0 Å². The second-order valence-corrected chi connectivity index (χ2v) is 10.2. The standard InChI is InChI=1S/C28H34N2O5/c1-5-17(2)24(25(31)30-14-18(3)28(4,16-30)26(32)33)29-27(34)35-15-23-21-12-8-6-10-19(21)20-11-7-9-13-22(20)23/h6-13,17-18,23-24H,5,14-16H2,1-4H3,(H,29,34)(H,32,33). The van der Waals surface area contributed by atoms with Gasteiger partial charge in [0.05, 0.1) is 5.41 Å². The van der Waals surface area contributed by atoms with Crippen molar-refractivity contribution in [1.82, 2.24) is 10.2 Å². The molecule has 0 saturated carbocycles. The third-order valence-corrected chi connectivity index (χ3v) is 8.00. The SMILES string of the molecule is CCC(C)C(NC(=O)OCC1c2ccccc2-c2ccccc21)C(=O)N1CC(C)C(C)(C(=O)O)C1. The number of alkyl carbamates (subject to hydrolysis) is 1. The van der Waals surface area contributed by atoms with Crippen molar-refractivity contribution in [2.75, 3.05) is 19.7 Å². The van der Waals surface area contributed by atoms with Crippen LogP contribution in [0.3, 0.4) is 0 Å². The highest BCUT2D eigenvalue weighted by Gasteiger charge is 2.49. The fraction of sp³-hybridized carbons (Fsp3) is 0.464. The van der Waals surface area contributed by atoms with Gasteiger partial charge in [-0.3, -0.25) is 9.59 Å². The highest BCUT2D eigenvalue weighted by atomic mass is 16.5. The number of carboxylic acid groups (broad SMARTS) is 1. The third-order valence-electron chi connectivity index (χ3n) is 8.00. The van der Waals surface area contributed by atoms with E-state index in [1.807, 2.05) is 45.0 Å². The Morgan fingerprint density at radius 1 is 1.11 bits per heavy atom. The Morgan fingerprint density at radius 2 is 1.69 bits per heavy atom. The van der Waals surface area contributed by atoms with Gasteiger partial charge in [0.15, 0.2) is 0 Å². The van der Waals surface area contributed by atoms with Crippen LogP contribution >= 0.6 is 0 Å². The van der Waals surface area contributed by atoms with Gasteiger partial charge in [-0.25, -0.2) is 4.79 Å². The molecule has 1 aliphatic heterocycles. The van der Waals surface area contributed by atoms with Crippen LogP contribution < -0.4 is 5.32 Å². The predicted octanol–water partition coefficient (Wildman–Crippen LogP) is 4.51. The van der Waals surface area contributed by atoms with Crippen molar-refractivity contribution >= 4 is 18.0 Å². The highest BCUT2D eigenvalue weighted by molar-refractivity contribution is 5.87. The molecule has 2 aliphatic rings. The second kappa shape index (κ2) is 9.72. The second-order valence-electron chi connectivity index (χ2n) is 10.2. The zero-order valence-corrected chi connectivity index (χ0v) is 20.8. The minimum Gasteiger partial charge on any atom is -0.481 e. The molecular formula is C28H34N2O5. The first-order valence-corrected chi connectivity index (χ1v) is 12.3. The van der Waals surface area contributed by atoms with Gasteiger partial charge in [-0.15, -0.1) is 0 Å². The summed E-state index contributed by atoms with van der Waals surface area (Å²) in [6.45, 7) is 8.02. The van der Waals surface area contributed by atoms with Crippen molar-refractivity contribution in [2.45, 2.75) is 46.1 Å². The summed E-state index contributed by atoms with van der Waals surface area (Å²) in [5.41, 5.74) is 3.54. The van der Waals surface area contributed by atoms with Gasteiger partial charge in [-0.05, 0) is 41.0 Å². The number of fused-ring (bicyclic) bond motifs is 3. The van der Waals surface area contributed by atoms with Gasteiger partial charge in [0.25, 0.3) is 0 Å². The Bertz CT molecular complexity index is 1090. The summed E-state index contributed by atoms with van der Waals surface area (Å²) < 4.78 is 5.66. The molecular weight excluding hydrogens is 444 g/mol. The summed E-state index contributed by atoms with van der Waals surface area (Å²) in [5, 5.41) is 12.5. The maximum Gasteiger partial charge on any atom is 0.407 e. The Hall–Kier alpha value is -3.35. The van der Waals surface area contributed by atoms with Gasteiger partial charge >= 0.3 is 12.1 Å². The molecule has 35 heavy (non-hydrogen) atoms. The number of ether oxygens (including phenoxy) is 1. The molecule has 1 aliphatic carbocycles. The van der Waals surface area contributed by atoms with Crippen molar-refractivity contribution in [3.8, 4) is 11.1 Å². The minimum atomic E-state index is -1.00. The molecule has 0 aromatic heterocycles. The summed E-state index contributed by atoms with van der Waals surface area (Å²) in [6.07, 6.45) is 0.0402. The van der Waals surface area contributed by atoms with Gasteiger partial charge in [0, 0.05) is 19.0 Å². The van der Waals surface area contributed by atoms with Crippen molar-refractivity contribution in [1.29, 1.82) is 0 Å². The van der Waals surface area contributed by atoms with E-state index in [0.717, 1.165) is 22.3 Å². The molecule has 2 amide bonds. The molecule has 2 N–H and O–H groups in total. The van der Waals surface area contributed by atoms with Gasteiger partial charge in [0.1, 0.15) is 12.6 Å². The molecule has 1 saturated heterocycles. The summed E-state index contributed by atoms with van der Waals surface area (Å²) >= 11 is 0. The van der Waals surface area contributed by atoms with Crippen LogP contribution in [0.5, 0.6) is 0 Å². The molecule has 7 heteroatoms. The monoisotopic (exact) mass is 478 g/mol. The molecule has 4 rings (SSSR count). The van der Waals surface area contributed by atoms with E-state index in [9.17, 15) is 19.5 Å². The number of carbonyl (C=O) groups is 3. The van der Waals surface area contributed by atoms with E-state index in [4.69, 9.17) is 4.74 Å². The van der Waals surface area contributed by atoms with Gasteiger partial charge < -0.3 is 20.1 Å². The topological polar surface area (TPSA) is 95.9 Å². The van der Waals surface area contributed by atoms with Crippen LogP contribution in [0.1, 0.15) is 51.2 Å². The number of carbonyl (C=O) groups excluding carboxylic acids is 2. The van der Waals surface area contributed by atoms with Crippen LogP contribution in [-0.2, 0) is 14.3 Å². The number of hydrogen-bond acceptors (Lipinski definition) is 4. The Balaban J connectivity index is 1.45. The van der Waals surface area contributed by atoms with E-state index in [1.54, 1.807) is 11.8 Å². The molecule has 7 nitrogen and oxygen atoms in total. The third kappa shape index (κ3) is 4.51. The summed E-state index contributed by atoms with van der Waals surface area (Å²) in [4.78, 5) is 39.6. The van der Waals surface area contributed by atoms with Crippen LogP contribution in [0.15, 0.2) is 48.5 Å². The van der Waals surface area contributed by atoms with Crippen LogP contribution in [0.25, 0.3) is 11.1 Å². The summed E-state index contributed by atoms with van der Waals surface area (Å²) in [5.74, 6) is -1.55. The Labute approximate surface area is 206 Å². The number of aliphatic carboxylic acids is 1. The summed E-state index contributed by atoms with van der Waals surface area (Å²) in [6, 6.07) is 15.5. The highest BCUT2D eigenvalue weighted by Crippen LogP contribution is 2.44. The van der Waals surface area contributed by atoms with Gasteiger partial charge in [-0.2, -0.15) is 0 Å². The first kappa shape index (κ1) is 24.8. The van der Waals surface area contributed by atoms with E-state index >= 15 is 0 Å². The zero-order chi connectivity index (χ0) is 25.3. The number of likely N-dealkylation sites (tertiary alicyclic amines) is 1. The Morgan fingerprint density at radius 3 is 2.20 bits per heavy atom. The molecule has 186 valence electrons. The van der Waals surface area contributed by atoms with Crippen LogP contribution in [0, 0.1) is 17.3 Å². The normalized spacial score (nSPS) is 22.7. The summed E-state index contributed by atoms with van der Waals surface area (Å²) in [7, 11) is 0. The lowest BCUT2D eigenvalue weighted by Crippen LogP contribution is -2.52. The molecule has 4 atom stereocenters. The van der Waals surface area contributed by atoms with Crippen LogP contribution in [-0.4, -0.2) is 53.7 Å². The maximum atomic E-state index is 13.4. The average Bonchev–Trinajstić information content (AvgIpc) is 3.35. The van der Waals surface area contributed by atoms with Crippen molar-refractivity contribution in [3.05, 3.63) is 59.7 Å². The average molecular weight is 479 g/mol. The largest absolute Gasteiger partial charge is 0.481 e. The molecule has 4 unspecified atom stereocenters. The lowest BCUT2D eigenvalue weighted by atomic mass is 9.81. The van der Waals surface area contributed by atoms with Gasteiger partial charge in [-0.1, -0.05) is 75.7 Å². The molecule has 0 bridgehead atoms. The first-order chi connectivity index (χ1) is 16.7. The van der Waals surface area contributed by atoms with E-state index in [0.29, 0.717) is 13.0 Å². The predicted molar refractivity (Wildman–Crippen MR) is 133 cm³/mol. The smallest absolute Gasteiger partial charge is 0.407 e. The number of benzene rings is 2. The van der Waals surface area contributed by atoms with E-state index in [1.165, 1.54) is 0 Å². The Kier molecular flexibility index (Phi) is 6.88. The van der Waals surface area contributed by atoms with E-state index in [2.05, 4.69) is 29.6 Å². The van der Waals surface area contributed by atoms with E-state index in [-0.39, 0.29) is 36.8 Å². The van der Waals surface area contributed by atoms with Gasteiger partial charge in [0.2, 0.25) is 5.91 Å². The molecule has 2 aromatic carbocycles. The number of carboxylic acids is 1. The van der Waals surface area contributed by atoms with E-state index < -0.39 is 23.5 Å². The number of nitrogens with zero attached hydrogens (tertiary/aromatic N) is 1. The number of rotatable bonds is 7. The number of amides is 2. The minimum absolute atomic E-state index is 0.0680. The van der Waals surface area contributed by atoms with Crippen molar-refractivity contribution in [2.24, 2.45) is 17.3 Å². The fourth-order valence-electron chi connectivity index (χ4n) is 5.24. The fourth-order valence-corrected chi connectivity index (χ4v) is 5.24. The maximum absolute atomic E-state index is 13.4. The van der Waals surface area contributed by atoms with Crippen LogP contribution in [0.2, 0.25) is 0 Å².